The van der Waals surface area contributed by atoms with Gasteiger partial charge < -0.3 is 24.6 Å². The fraction of sp³-hybridized carbons (Fsp3) is 0.409. The third kappa shape index (κ3) is 3.59. The van der Waals surface area contributed by atoms with Crippen LogP contribution in [0.4, 0.5) is 11.4 Å². The molecule has 1 N–H and O–H groups in total. The summed E-state index contributed by atoms with van der Waals surface area (Å²) in [5.74, 6) is 1.25. The molecule has 2 heterocycles. The zero-order valence-corrected chi connectivity index (χ0v) is 16.5. The summed E-state index contributed by atoms with van der Waals surface area (Å²) in [5.41, 5.74) is 4.54. The predicted molar refractivity (Wildman–Crippen MR) is 111 cm³/mol. The summed E-state index contributed by atoms with van der Waals surface area (Å²) >= 11 is 0. The van der Waals surface area contributed by atoms with Gasteiger partial charge in [0.1, 0.15) is 0 Å². The predicted octanol–water partition coefficient (Wildman–Crippen LogP) is 3.02. The molecule has 6 heteroatoms. The molecular formula is C22H27N3O3. The molecule has 0 unspecified atom stereocenters. The lowest BCUT2D eigenvalue weighted by molar-refractivity contribution is 0.0746. The average Bonchev–Trinajstić information content (AvgIpc) is 2.77. The van der Waals surface area contributed by atoms with Gasteiger partial charge in [0, 0.05) is 49.7 Å². The lowest BCUT2D eigenvalue weighted by Gasteiger charge is -2.36. The fourth-order valence-electron chi connectivity index (χ4n) is 3.98. The maximum atomic E-state index is 12.9. The highest BCUT2D eigenvalue weighted by molar-refractivity contribution is 5.95. The second-order valence-corrected chi connectivity index (χ2v) is 7.22. The first-order chi connectivity index (χ1) is 13.7. The van der Waals surface area contributed by atoms with Crippen molar-refractivity contribution in [1.29, 1.82) is 0 Å². The van der Waals surface area contributed by atoms with E-state index in [0.29, 0.717) is 30.2 Å². The topological polar surface area (TPSA) is 54.0 Å². The van der Waals surface area contributed by atoms with Gasteiger partial charge in [0.2, 0.25) is 0 Å². The number of piperazine rings is 1. The van der Waals surface area contributed by atoms with E-state index in [4.69, 9.17) is 9.47 Å². The Morgan fingerprint density at radius 3 is 2.50 bits per heavy atom. The lowest BCUT2D eigenvalue weighted by Crippen LogP contribution is -2.48. The molecule has 28 heavy (non-hydrogen) atoms. The molecule has 6 nitrogen and oxygen atoms in total. The molecule has 0 radical (unpaired) electrons. The van der Waals surface area contributed by atoms with Crippen LogP contribution in [0.15, 0.2) is 36.4 Å². The van der Waals surface area contributed by atoms with E-state index in [-0.39, 0.29) is 5.91 Å². The summed E-state index contributed by atoms with van der Waals surface area (Å²) < 4.78 is 10.6. The summed E-state index contributed by atoms with van der Waals surface area (Å²) in [6, 6.07) is 12.0. The number of ether oxygens (including phenoxy) is 2. The molecule has 0 spiro atoms. The zero-order valence-electron chi connectivity index (χ0n) is 16.5. The molecule has 0 bridgehead atoms. The minimum atomic E-state index is 0.0373. The number of hydrogen-bond acceptors (Lipinski definition) is 5. The summed E-state index contributed by atoms with van der Waals surface area (Å²) in [7, 11) is 3.17. The number of hydrogen-bond donors (Lipinski definition) is 1. The molecule has 1 saturated heterocycles. The number of amides is 1. The Morgan fingerprint density at radius 1 is 0.964 bits per heavy atom. The highest BCUT2D eigenvalue weighted by Crippen LogP contribution is 2.29. The van der Waals surface area contributed by atoms with E-state index in [2.05, 4.69) is 28.4 Å². The second kappa shape index (κ2) is 8.00. The number of fused-ring (bicyclic) bond motifs is 1. The van der Waals surface area contributed by atoms with Crippen LogP contribution >= 0.6 is 0 Å². The van der Waals surface area contributed by atoms with Crippen molar-refractivity contribution < 1.29 is 14.3 Å². The van der Waals surface area contributed by atoms with Crippen LogP contribution in [0, 0.1) is 0 Å². The number of aryl methyl sites for hydroxylation is 1. The molecule has 2 aromatic carbocycles. The van der Waals surface area contributed by atoms with Crippen LogP contribution in [0.1, 0.15) is 22.3 Å². The van der Waals surface area contributed by atoms with E-state index in [1.807, 2.05) is 4.90 Å². The molecular weight excluding hydrogens is 354 g/mol. The Balaban J connectivity index is 1.42. The number of carbonyl (C=O) groups excluding carboxylic acids is 1. The molecule has 2 aliphatic heterocycles. The molecule has 0 aromatic heterocycles. The molecule has 1 fully saturated rings. The first-order valence-corrected chi connectivity index (χ1v) is 9.82. The highest BCUT2D eigenvalue weighted by Gasteiger charge is 2.24. The highest BCUT2D eigenvalue weighted by atomic mass is 16.5. The number of rotatable bonds is 4. The van der Waals surface area contributed by atoms with Crippen molar-refractivity contribution in [2.75, 3.05) is 57.2 Å². The van der Waals surface area contributed by atoms with Crippen LogP contribution in [-0.2, 0) is 6.42 Å². The number of nitrogens with one attached hydrogen (secondary N) is 1. The standard InChI is InChI=1S/C22H27N3O3/c1-27-20-8-5-17(15-21(20)28-2)22(26)25-12-10-24(11-13-25)18-6-7-19-16(14-18)4-3-9-23-19/h5-8,14-15,23H,3-4,9-13H2,1-2H3. The lowest BCUT2D eigenvalue weighted by atomic mass is 10.0. The fourth-order valence-corrected chi connectivity index (χ4v) is 3.98. The first-order valence-electron chi connectivity index (χ1n) is 9.82. The van der Waals surface area contributed by atoms with Gasteiger partial charge in [-0.25, -0.2) is 0 Å². The van der Waals surface area contributed by atoms with Crippen LogP contribution in [-0.4, -0.2) is 57.8 Å². The third-order valence-electron chi connectivity index (χ3n) is 5.59. The normalized spacial score (nSPS) is 16.2. The van der Waals surface area contributed by atoms with Crippen LogP contribution < -0.4 is 19.7 Å². The van der Waals surface area contributed by atoms with Gasteiger partial charge in [0.05, 0.1) is 14.2 Å². The van der Waals surface area contributed by atoms with Crippen LogP contribution in [0.25, 0.3) is 0 Å². The van der Waals surface area contributed by atoms with Gasteiger partial charge in [-0.3, -0.25) is 4.79 Å². The molecule has 0 saturated carbocycles. The Morgan fingerprint density at radius 2 is 1.75 bits per heavy atom. The number of benzene rings is 2. The molecule has 2 aromatic rings. The Kier molecular flexibility index (Phi) is 5.28. The van der Waals surface area contributed by atoms with Crippen molar-refractivity contribution in [3.8, 4) is 11.5 Å². The Bertz CT molecular complexity index is 860. The van der Waals surface area contributed by atoms with Crippen molar-refractivity contribution in [3.63, 3.8) is 0 Å². The van der Waals surface area contributed by atoms with Gasteiger partial charge in [-0.2, -0.15) is 0 Å². The van der Waals surface area contributed by atoms with E-state index in [1.165, 1.54) is 23.4 Å². The van der Waals surface area contributed by atoms with Crippen molar-refractivity contribution in [2.24, 2.45) is 0 Å². The quantitative estimate of drug-likeness (QED) is 0.882. The second-order valence-electron chi connectivity index (χ2n) is 7.22. The van der Waals surface area contributed by atoms with Gasteiger partial charge in [0.25, 0.3) is 5.91 Å². The third-order valence-corrected chi connectivity index (χ3v) is 5.59. The molecule has 2 aliphatic rings. The zero-order chi connectivity index (χ0) is 19.5. The Labute approximate surface area is 166 Å². The largest absolute Gasteiger partial charge is 0.493 e. The molecule has 1 amide bonds. The van der Waals surface area contributed by atoms with Crippen LogP contribution in [0.5, 0.6) is 11.5 Å². The van der Waals surface area contributed by atoms with Gasteiger partial charge in [0.15, 0.2) is 11.5 Å². The first kappa shape index (κ1) is 18.5. The van der Waals surface area contributed by atoms with Crippen molar-refractivity contribution in [2.45, 2.75) is 12.8 Å². The minimum Gasteiger partial charge on any atom is -0.493 e. The summed E-state index contributed by atoms with van der Waals surface area (Å²) in [6.45, 7) is 4.16. The van der Waals surface area contributed by atoms with Gasteiger partial charge >= 0.3 is 0 Å². The summed E-state index contributed by atoms with van der Waals surface area (Å²) in [6.07, 6.45) is 2.32. The number of nitrogens with zero attached hydrogens (tertiary/aromatic N) is 2. The van der Waals surface area contributed by atoms with Crippen LogP contribution in [0.2, 0.25) is 0 Å². The van der Waals surface area contributed by atoms with E-state index in [1.54, 1.807) is 32.4 Å². The van der Waals surface area contributed by atoms with Crippen molar-refractivity contribution in [1.82, 2.24) is 4.90 Å². The maximum Gasteiger partial charge on any atom is 0.254 e. The molecule has 148 valence electrons. The summed E-state index contributed by atoms with van der Waals surface area (Å²) in [4.78, 5) is 17.2. The van der Waals surface area contributed by atoms with E-state index < -0.39 is 0 Å². The monoisotopic (exact) mass is 381 g/mol. The molecule has 4 rings (SSSR count). The van der Waals surface area contributed by atoms with Gasteiger partial charge in [-0.1, -0.05) is 0 Å². The van der Waals surface area contributed by atoms with Gasteiger partial charge in [-0.05, 0) is 54.8 Å². The Hall–Kier alpha value is -2.89. The van der Waals surface area contributed by atoms with E-state index >= 15 is 0 Å². The number of methoxy groups -OCH3 is 2. The maximum absolute atomic E-state index is 12.9. The molecule has 0 aliphatic carbocycles. The SMILES string of the molecule is COc1ccc(C(=O)N2CCN(c3ccc4c(c3)CCCN4)CC2)cc1OC. The van der Waals surface area contributed by atoms with E-state index in [0.717, 1.165) is 26.1 Å². The van der Waals surface area contributed by atoms with Crippen molar-refractivity contribution >= 4 is 17.3 Å². The van der Waals surface area contributed by atoms with Gasteiger partial charge in [-0.15, -0.1) is 0 Å². The van der Waals surface area contributed by atoms with Crippen molar-refractivity contribution in [3.05, 3.63) is 47.5 Å². The number of anilines is 2. The van der Waals surface area contributed by atoms with E-state index in [9.17, 15) is 4.79 Å². The smallest absolute Gasteiger partial charge is 0.254 e. The summed E-state index contributed by atoms with van der Waals surface area (Å²) in [5, 5.41) is 3.46. The average molecular weight is 381 g/mol. The number of carbonyl (C=O) groups is 1. The molecule has 0 atom stereocenters. The minimum absolute atomic E-state index is 0.0373. The van der Waals surface area contributed by atoms with Crippen LogP contribution in [0.3, 0.4) is 0 Å².